The number of nitrogen functional groups attached to an aromatic ring is 1. The first-order valence-corrected chi connectivity index (χ1v) is 4.15. The predicted octanol–water partition coefficient (Wildman–Crippen LogP) is 1.94. The van der Waals surface area contributed by atoms with Gasteiger partial charge in [0.25, 0.3) is 0 Å². The van der Waals surface area contributed by atoms with Gasteiger partial charge in [-0.3, -0.25) is 0 Å². The Morgan fingerprint density at radius 1 is 1.56 bits per heavy atom. The van der Waals surface area contributed by atoms with E-state index >= 15 is 0 Å². The minimum absolute atomic E-state index is 0.664. The molecule has 0 aromatic carbocycles. The molecule has 0 bridgehead atoms. The number of thiophene rings is 1. The molecule has 2 N–H and O–H groups in total. The van der Waals surface area contributed by atoms with Gasteiger partial charge < -0.3 is 5.73 Å². The van der Waals surface area contributed by atoms with E-state index in [1.54, 1.807) is 22.7 Å². The van der Waals surface area contributed by atoms with E-state index in [9.17, 15) is 0 Å². The molecule has 0 aliphatic rings. The number of hydrogen-bond donors (Lipinski definition) is 1. The Hall–Kier alpha value is -0.610. The maximum atomic E-state index is 5.45. The van der Waals surface area contributed by atoms with Crippen LogP contribution in [0.25, 0.3) is 9.53 Å². The number of nitrogens with two attached hydrogens (primary N) is 1. The third-order valence-electron chi connectivity index (χ3n) is 1.04. The van der Waals surface area contributed by atoms with Crippen molar-refractivity contribution in [3.63, 3.8) is 0 Å². The van der Waals surface area contributed by atoms with Crippen LogP contribution in [0.5, 0.6) is 0 Å². The van der Waals surface area contributed by atoms with Crippen LogP contribution in [-0.2, 0) is 0 Å². The van der Waals surface area contributed by atoms with Crippen molar-refractivity contribution in [2.45, 2.75) is 0 Å². The zero-order valence-electron chi connectivity index (χ0n) is 4.50. The average molecular weight is 156 g/mol. The van der Waals surface area contributed by atoms with E-state index in [1.807, 2.05) is 11.4 Å². The first-order valence-electron chi connectivity index (χ1n) is 2.46. The van der Waals surface area contributed by atoms with Crippen LogP contribution in [0.4, 0.5) is 5.13 Å². The van der Waals surface area contributed by atoms with Gasteiger partial charge in [0, 0.05) is 0 Å². The molecule has 2 aromatic heterocycles. The lowest BCUT2D eigenvalue weighted by atomic mass is 10.6. The van der Waals surface area contributed by atoms with Gasteiger partial charge in [0.15, 0.2) is 5.13 Å². The van der Waals surface area contributed by atoms with Crippen molar-refractivity contribution in [3.8, 4) is 0 Å². The molecule has 0 saturated heterocycles. The summed E-state index contributed by atoms with van der Waals surface area (Å²) in [7, 11) is 0. The second-order valence-electron chi connectivity index (χ2n) is 1.65. The molecule has 0 saturated carbocycles. The van der Waals surface area contributed by atoms with Crippen molar-refractivity contribution >= 4 is 37.3 Å². The van der Waals surface area contributed by atoms with Crippen molar-refractivity contribution in [3.05, 3.63) is 11.4 Å². The molecular weight excluding hydrogens is 152 g/mol. The highest BCUT2D eigenvalue weighted by molar-refractivity contribution is 7.38. The Morgan fingerprint density at radius 2 is 2.44 bits per heavy atom. The molecule has 9 heavy (non-hydrogen) atoms. The van der Waals surface area contributed by atoms with E-state index < -0.39 is 0 Å². The van der Waals surface area contributed by atoms with Gasteiger partial charge in [-0.05, 0) is 11.4 Å². The summed E-state index contributed by atoms with van der Waals surface area (Å²) < 4.78 is 1.22. The molecule has 0 amide bonds. The third kappa shape index (κ3) is 0.710. The fraction of sp³-hybridized carbons (Fsp3) is 0. The van der Waals surface area contributed by atoms with Crippen LogP contribution in [-0.4, -0.2) is 4.98 Å². The molecule has 4 heteroatoms. The molecule has 46 valence electrons. The number of rotatable bonds is 0. The summed E-state index contributed by atoms with van der Waals surface area (Å²) >= 11 is 3.23. The summed E-state index contributed by atoms with van der Waals surface area (Å²) in [4.78, 5) is 4.08. The number of hydrogen-bond acceptors (Lipinski definition) is 4. The summed E-state index contributed by atoms with van der Waals surface area (Å²) in [6.07, 6.45) is 0. The van der Waals surface area contributed by atoms with Gasteiger partial charge in [-0.1, -0.05) is 11.3 Å². The predicted molar refractivity (Wildman–Crippen MR) is 41.9 cm³/mol. The molecule has 2 nitrogen and oxygen atoms in total. The van der Waals surface area contributed by atoms with Gasteiger partial charge in [-0.25, -0.2) is 4.98 Å². The lowest BCUT2D eigenvalue weighted by molar-refractivity contribution is 1.51. The SMILES string of the molecule is Nc1nc2ccsc2s1. The summed E-state index contributed by atoms with van der Waals surface area (Å²) in [5, 5.41) is 2.69. The monoisotopic (exact) mass is 156 g/mol. The standard InChI is InChI=1S/C5H4N2S2/c6-5-7-3-1-2-8-4(3)9-5/h1-2H,(H2,6,7). The maximum absolute atomic E-state index is 5.45. The van der Waals surface area contributed by atoms with Crippen molar-refractivity contribution in [1.29, 1.82) is 0 Å². The Kier molecular flexibility index (Phi) is 0.972. The highest BCUT2D eigenvalue weighted by Crippen LogP contribution is 2.27. The van der Waals surface area contributed by atoms with Crippen molar-refractivity contribution < 1.29 is 0 Å². The number of fused-ring (bicyclic) bond motifs is 1. The van der Waals surface area contributed by atoms with Crippen LogP contribution < -0.4 is 5.73 Å². The normalized spacial score (nSPS) is 10.7. The van der Waals surface area contributed by atoms with Crippen LogP contribution >= 0.6 is 22.7 Å². The van der Waals surface area contributed by atoms with E-state index in [1.165, 1.54) is 4.01 Å². The number of thiazole rings is 1. The lowest BCUT2D eigenvalue weighted by Gasteiger charge is -1.70. The Bertz CT molecular complexity index is 294. The number of aromatic nitrogens is 1. The van der Waals surface area contributed by atoms with E-state index in [-0.39, 0.29) is 0 Å². The largest absolute Gasteiger partial charge is 0.375 e. The fourth-order valence-corrected chi connectivity index (χ4v) is 2.41. The van der Waals surface area contributed by atoms with Crippen molar-refractivity contribution in [1.82, 2.24) is 4.98 Å². The fourth-order valence-electron chi connectivity index (χ4n) is 0.684. The smallest absolute Gasteiger partial charge is 0.181 e. The van der Waals surface area contributed by atoms with Crippen LogP contribution in [0.2, 0.25) is 0 Å². The molecule has 0 aliphatic carbocycles. The lowest BCUT2D eigenvalue weighted by Crippen LogP contribution is -1.78. The quantitative estimate of drug-likeness (QED) is 0.633. The molecule has 0 radical (unpaired) electrons. The highest BCUT2D eigenvalue weighted by Gasteiger charge is 1.98. The van der Waals surface area contributed by atoms with Gasteiger partial charge in [0.1, 0.15) is 4.01 Å². The Labute approximate surface area is 60.0 Å². The zero-order valence-corrected chi connectivity index (χ0v) is 6.13. The Morgan fingerprint density at radius 3 is 3.22 bits per heavy atom. The van der Waals surface area contributed by atoms with Gasteiger partial charge in [-0.2, -0.15) is 0 Å². The van der Waals surface area contributed by atoms with Crippen molar-refractivity contribution in [2.75, 3.05) is 5.73 Å². The van der Waals surface area contributed by atoms with E-state index in [2.05, 4.69) is 4.98 Å². The van der Waals surface area contributed by atoms with Gasteiger partial charge in [0.05, 0.1) is 5.52 Å². The first-order chi connectivity index (χ1) is 4.36. The molecule has 0 fully saturated rings. The van der Waals surface area contributed by atoms with Crippen LogP contribution in [0.1, 0.15) is 0 Å². The van der Waals surface area contributed by atoms with Crippen LogP contribution in [0.15, 0.2) is 11.4 Å². The molecule has 0 unspecified atom stereocenters. The summed E-state index contributed by atoms with van der Waals surface area (Å²) in [5.41, 5.74) is 6.48. The molecule has 0 spiro atoms. The summed E-state index contributed by atoms with van der Waals surface area (Å²) in [6.45, 7) is 0. The Balaban J connectivity index is 2.92. The topological polar surface area (TPSA) is 38.9 Å². The summed E-state index contributed by atoms with van der Waals surface area (Å²) in [6, 6.07) is 1.98. The van der Waals surface area contributed by atoms with Gasteiger partial charge in [0.2, 0.25) is 0 Å². The van der Waals surface area contributed by atoms with Gasteiger partial charge >= 0.3 is 0 Å². The van der Waals surface area contributed by atoms with E-state index in [0.717, 1.165) is 5.52 Å². The average Bonchev–Trinajstić information content (AvgIpc) is 2.22. The third-order valence-corrected chi connectivity index (χ3v) is 2.97. The van der Waals surface area contributed by atoms with Gasteiger partial charge in [-0.15, -0.1) is 11.3 Å². The molecular formula is C5H4N2S2. The molecule has 2 rings (SSSR count). The minimum Gasteiger partial charge on any atom is -0.375 e. The molecule has 2 heterocycles. The van der Waals surface area contributed by atoms with Crippen LogP contribution in [0, 0.1) is 0 Å². The second-order valence-corrected chi connectivity index (χ2v) is 3.85. The van der Waals surface area contributed by atoms with E-state index in [4.69, 9.17) is 5.73 Å². The molecule has 0 aliphatic heterocycles. The molecule has 0 atom stereocenters. The highest BCUT2D eigenvalue weighted by atomic mass is 32.2. The molecule has 2 aromatic rings. The number of anilines is 1. The zero-order chi connectivity index (χ0) is 6.27. The summed E-state index contributed by atoms with van der Waals surface area (Å²) in [5.74, 6) is 0. The minimum atomic E-state index is 0.664. The van der Waals surface area contributed by atoms with Crippen LogP contribution in [0.3, 0.4) is 0 Å². The maximum Gasteiger partial charge on any atom is 0.181 e. The second kappa shape index (κ2) is 1.68. The van der Waals surface area contributed by atoms with E-state index in [0.29, 0.717) is 5.13 Å². The van der Waals surface area contributed by atoms with Crippen molar-refractivity contribution in [2.24, 2.45) is 0 Å². The first kappa shape index (κ1) is 5.20. The number of nitrogens with zero attached hydrogens (tertiary/aromatic N) is 1.